The average Bonchev–Trinajstić information content (AvgIpc) is 2.63. The van der Waals surface area contributed by atoms with Crippen molar-refractivity contribution in [2.75, 3.05) is 6.26 Å². The first kappa shape index (κ1) is 16.3. The van der Waals surface area contributed by atoms with Crippen LogP contribution >= 0.6 is 15.9 Å². The molecule has 1 heterocycles. The summed E-state index contributed by atoms with van der Waals surface area (Å²) in [4.78, 5) is 1.21. The summed E-state index contributed by atoms with van der Waals surface area (Å²) in [5.74, 6) is 0. The highest BCUT2D eigenvalue weighted by molar-refractivity contribution is 9.10. The molecule has 0 spiro atoms. The number of halogens is 1. The second-order valence-electron chi connectivity index (χ2n) is 5.93. The normalized spacial score (nSPS) is 18.7. The van der Waals surface area contributed by atoms with Crippen molar-refractivity contribution in [1.29, 1.82) is 0 Å². The van der Waals surface area contributed by atoms with Gasteiger partial charge in [-0.25, -0.2) is 8.73 Å². The number of nitrogens with zero attached hydrogens (tertiary/aromatic N) is 2. The fourth-order valence-corrected chi connectivity index (χ4v) is 5.37. The Kier molecular flexibility index (Phi) is 4.32. The predicted octanol–water partition coefficient (Wildman–Crippen LogP) is 6.80. The van der Waals surface area contributed by atoms with Crippen LogP contribution in [-0.2, 0) is 9.62 Å². The Bertz CT molecular complexity index is 1070. The van der Waals surface area contributed by atoms with Crippen LogP contribution in [0, 0.1) is 0 Å². The van der Waals surface area contributed by atoms with E-state index >= 15 is 0 Å². The van der Waals surface area contributed by atoms with Gasteiger partial charge in [-0.15, -0.1) is 0 Å². The summed E-state index contributed by atoms with van der Waals surface area (Å²) < 4.78 is 11.2. The fraction of sp³-hybridized carbons (Fsp3) is 0.0476. The van der Waals surface area contributed by atoms with Crippen molar-refractivity contribution in [2.24, 2.45) is 8.73 Å². The Morgan fingerprint density at radius 1 is 0.840 bits per heavy atom. The molecule has 0 aromatic heterocycles. The highest BCUT2D eigenvalue weighted by atomic mass is 79.9. The Labute approximate surface area is 157 Å². The molecule has 0 N–H and O–H groups in total. The highest BCUT2D eigenvalue weighted by Crippen LogP contribution is 2.34. The van der Waals surface area contributed by atoms with Gasteiger partial charge in [0.25, 0.3) is 0 Å². The molecule has 25 heavy (non-hydrogen) atoms. The van der Waals surface area contributed by atoms with E-state index in [9.17, 15) is 0 Å². The molecule has 1 aliphatic rings. The molecule has 0 saturated heterocycles. The molecule has 0 bridgehead atoms. The third-order valence-electron chi connectivity index (χ3n) is 4.08. The summed E-state index contributed by atoms with van der Waals surface area (Å²) in [5.41, 5.74) is 4.27. The van der Waals surface area contributed by atoms with Gasteiger partial charge in [0.15, 0.2) is 0 Å². The lowest BCUT2D eigenvalue weighted by Gasteiger charge is -2.20. The fourth-order valence-electron chi connectivity index (χ4n) is 2.89. The topological polar surface area (TPSA) is 24.7 Å². The van der Waals surface area contributed by atoms with Gasteiger partial charge in [0.05, 0.1) is 11.4 Å². The number of hydrogen-bond acceptors (Lipinski definition) is 2. The first-order valence-electron chi connectivity index (χ1n) is 8.00. The van der Waals surface area contributed by atoms with E-state index in [4.69, 9.17) is 8.73 Å². The van der Waals surface area contributed by atoms with E-state index in [1.165, 1.54) is 10.5 Å². The molecule has 1 unspecified atom stereocenters. The van der Waals surface area contributed by atoms with E-state index in [0.717, 1.165) is 21.4 Å². The van der Waals surface area contributed by atoms with E-state index in [-0.39, 0.29) is 0 Å². The molecule has 1 atom stereocenters. The second-order valence-corrected chi connectivity index (χ2v) is 9.31. The SMILES string of the molecule is CS1(=Nc2ccccc2)=NC(c2ccc(Br)cc2)=Cc2ccccc21. The third kappa shape index (κ3) is 3.32. The van der Waals surface area contributed by atoms with Crippen LogP contribution in [0.4, 0.5) is 5.69 Å². The molecule has 4 heteroatoms. The Morgan fingerprint density at radius 2 is 1.52 bits per heavy atom. The van der Waals surface area contributed by atoms with Crippen LogP contribution in [0.3, 0.4) is 0 Å². The van der Waals surface area contributed by atoms with Crippen molar-refractivity contribution in [2.45, 2.75) is 4.90 Å². The molecule has 0 aliphatic carbocycles. The van der Waals surface area contributed by atoms with Crippen molar-refractivity contribution >= 4 is 43.0 Å². The summed E-state index contributed by atoms with van der Waals surface area (Å²) in [7, 11) is -1.69. The zero-order valence-electron chi connectivity index (χ0n) is 13.8. The standard InChI is InChI=1S/C21H17BrN2S/c1-25(23-19-8-3-2-4-9-19)21-10-6-5-7-17(21)15-20(24-25)16-11-13-18(22)14-12-16/h2-15H,1H3. The largest absolute Gasteiger partial charge is 0.213 e. The molecule has 3 aromatic rings. The Hall–Kier alpha value is -2.17. The number of hydrogen-bond donors (Lipinski definition) is 0. The first-order valence-corrected chi connectivity index (χ1v) is 10.7. The lowest BCUT2D eigenvalue weighted by Crippen LogP contribution is -2.04. The summed E-state index contributed by atoms with van der Waals surface area (Å²) in [6, 6.07) is 26.8. The first-order chi connectivity index (χ1) is 12.1. The maximum Gasteiger partial charge on any atom is 0.0795 e. The van der Waals surface area contributed by atoms with Gasteiger partial charge >= 0.3 is 0 Å². The van der Waals surface area contributed by atoms with Crippen molar-refractivity contribution in [3.8, 4) is 0 Å². The van der Waals surface area contributed by atoms with Gasteiger partial charge in [-0.3, -0.25) is 0 Å². The number of benzene rings is 3. The quantitative estimate of drug-likeness (QED) is 0.445. The molecular weight excluding hydrogens is 392 g/mol. The van der Waals surface area contributed by atoms with Crippen molar-refractivity contribution in [3.05, 3.63) is 94.5 Å². The average molecular weight is 409 g/mol. The molecule has 0 amide bonds. The molecule has 2 nitrogen and oxygen atoms in total. The summed E-state index contributed by atoms with van der Waals surface area (Å²) >= 11 is 3.50. The molecule has 0 saturated carbocycles. The maximum atomic E-state index is 5.11. The predicted molar refractivity (Wildman–Crippen MR) is 111 cm³/mol. The number of rotatable bonds is 2. The molecule has 0 fully saturated rings. The van der Waals surface area contributed by atoms with Gasteiger partial charge in [0.2, 0.25) is 0 Å². The van der Waals surface area contributed by atoms with Gasteiger partial charge in [-0.1, -0.05) is 64.5 Å². The van der Waals surface area contributed by atoms with E-state index < -0.39 is 9.62 Å². The molecule has 124 valence electrons. The summed E-state index contributed by atoms with van der Waals surface area (Å²) in [5, 5.41) is 0. The van der Waals surface area contributed by atoms with Crippen molar-refractivity contribution in [3.63, 3.8) is 0 Å². The molecule has 1 aliphatic heterocycles. The van der Waals surface area contributed by atoms with E-state index in [2.05, 4.69) is 64.7 Å². The lowest BCUT2D eigenvalue weighted by molar-refractivity contribution is 1.35. The Balaban J connectivity index is 1.97. The van der Waals surface area contributed by atoms with Crippen LogP contribution in [0.1, 0.15) is 11.1 Å². The minimum Gasteiger partial charge on any atom is -0.213 e. The third-order valence-corrected chi connectivity index (χ3v) is 6.94. The zero-order valence-corrected chi connectivity index (χ0v) is 16.2. The van der Waals surface area contributed by atoms with Gasteiger partial charge in [0, 0.05) is 21.2 Å². The minimum atomic E-state index is -1.69. The van der Waals surface area contributed by atoms with Crippen LogP contribution in [0.15, 0.2) is 97.0 Å². The van der Waals surface area contributed by atoms with Crippen LogP contribution in [0.2, 0.25) is 0 Å². The monoisotopic (exact) mass is 408 g/mol. The highest BCUT2D eigenvalue weighted by Gasteiger charge is 2.17. The minimum absolute atomic E-state index is 0.968. The van der Waals surface area contributed by atoms with E-state index in [1.54, 1.807) is 0 Å². The van der Waals surface area contributed by atoms with Gasteiger partial charge in [-0.2, -0.15) is 0 Å². The van der Waals surface area contributed by atoms with E-state index in [0.29, 0.717) is 0 Å². The maximum absolute atomic E-state index is 5.11. The van der Waals surface area contributed by atoms with E-state index in [1.807, 2.05) is 42.5 Å². The van der Waals surface area contributed by atoms with Crippen LogP contribution in [0.25, 0.3) is 11.8 Å². The summed E-state index contributed by atoms with van der Waals surface area (Å²) in [6.07, 6.45) is 4.32. The van der Waals surface area contributed by atoms with Gasteiger partial charge in [-0.05, 0) is 51.6 Å². The Morgan fingerprint density at radius 3 is 2.28 bits per heavy atom. The van der Waals surface area contributed by atoms with Gasteiger partial charge in [0.1, 0.15) is 0 Å². The van der Waals surface area contributed by atoms with Crippen LogP contribution < -0.4 is 0 Å². The molecule has 4 rings (SSSR count). The van der Waals surface area contributed by atoms with Crippen molar-refractivity contribution < 1.29 is 0 Å². The van der Waals surface area contributed by atoms with Crippen LogP contribution in [-0.4, -0.2) is 6.26 Å². The van der Waals surface area contributed by atoms with Crippen LogP contribution in [0.5, 0.6) is 0 Å². The molecule has 0 radical (unpaired) electrons. The van der Waals surface area contributed by atoms with Crippen molar-refractivity contribution in [1.82, 2.24) is 0 Å². The van der Waals surface area contributed by atoms with Gasteiger partial charge < -0.3 is 0 Å². The zero-order chi connectivity index (χ0) is 17.3. The molecule has 3 aromatic carbocycles. The summed E-state index contributed by atoms with van der Waals surface area (Å²) in [6.45, 7) is 0. The lowest BCUT2D eigenvalue weighted by atomic mass is 10.1. The molecular formula is C21H17BrN2S. The second kappa shape index (κ2) is 6.62. The smallest absolute Gasteiger partial charge is 0.0795 e. The number of fused-ring (bicyclic) bond motifs is 1.